The Kier molecular flexibility index (Phi) is 4.29. The van der Waals surface area contributed by atoms with E-state index >= 15 is 17.6 Å². The van der Waals surface area contributed by atoms with E-state index in [0.29, 0.717) is 25.2 Å². The fraction of sp³-hybridized carbons (Fsp3) is 0.103. The van der Waals surface area contributed by atoms with Crippen LogP contribution in [-0.2, 0) is 11.8 Å². The maximum atomic E-state index is 15.7. The Labute approximate surface area is 212 Å². The number of hydrogen-bond donors (Lipinski definition) is 1. The van der Waals surface area contributed by atoms with Crippen molar-refractivity contribution < 1.29 is 17.6 Å². The zero-order chi connectivity index (χ0) is 25.0. The molecule has 7 rings (SSSR count). The van der Waals surface area contributed by atoms with Crippen LogP contribution in [0.15, 0.2) is 72.8 Å². The van der Waals surface area contributed by atoms with Crippen molar-refractivity contribution in [3.8, 4) is 41.8 Å². The summed E-state index contributed by atoms with van der Waals surface area (Å²) in [5.41, 5.74) is 8.73. The normalized spacial score (nSPS) is 15.9. The van der Waals surface area contributed by atoms with E-state index in [9.17, 15) is 0 Å². The summed E-state index contributed by atoms with van der Waals surface area (Å²) in [6.45, 7) is 1.96. The Morgan fingerprint density at radius 1 is 0.583 bits per heavy atom. The van der Waals surface area contributed by atoms with Gasteiger partial charge in [-0.05, 0) is 54.4 Å². The molecule has 0 atom stereocenters. The number of nitrogen functional groups attached to an aromatic ring is 1. The van der Waals surface area contributed by atoms with E-state index < -0.39 is 11.8 Å². The van der Waals surface area contributed by atoms with Gasteiger partial charge in [0.15, 0.2) is 0 Å². The van der Waals surface area contributed by atoms with Crippen molar-refractivity contribution in [1.29, 1.82) is 0 Å². The van der Waals surface area contributed by atoms with E-state index in [-0.39, 0.29) is 33.4 Å². The molecule has 7 heteroatoms. The second-order valence-corrected chi connectivity index (χ2v) is 11.4. The molecule has 0 radical (unpaired) electrons. The maximum absolute atomic E-state index is 15.7. The fourth-order valence-electron chi connectivity index (χ4n) is 5.08. The highest BCUT2D eigenvalue weighted by atomic mass is 32.1. The summed E-state index contributed by atoms with van der Waals surface area (Å²) in [7, 11) is 0. The van der Waals surface area contributed by atoms with Gasteiger partial charge in [-0.15, -0.1) is 22.7 Å². The first-order valence-corrected chi connectivity index (χ1v) is 12.9. The van der Waals surface area contributed by atoms with Crippen LogP contribution in [0.2, 0.25) is 0 Å². The van der Waals surface area contributed by atoms with Crippen molar-refractivity contribution >= 4 is 28.4 Å². The monoisotopic (exact) mass is 519 g/mol. The molecule has 2 N–H and O–H groups in total. The number of nitrogens with two attached hydrogens (primary N) is 1. The lowest BCUT2D eigenvalue weighted by Gasteiger charge is -2.16. The highest BCUT2D eigenvalue weighted by Crippen LogP contribution is 2.62. The molecule has 1 nitrogen and oxygen atoms in total. The summed E-state index contributed by atoms with van der Waals surface area (Å²) in [6, 6.07) is 20.2. The van der Waals surface area contributed by atoms with Crippen LogP contribution in [0.4, 0.5) is 23.2 Å². The van der Waals surface area contributed by atoms with Crippen LogP contribution in [0.25, 0.3) is 41.8 Å². The summed E-state index contributed by atoms with van der Waals surface area (Å²) < 4.78 is 62.7. The Morgan fingerprint density at radius 2 is 1.00 bits per heavy atom. The smallest absolute Gasteiger partial charge is 0.300 e. The molecule has 0 saturated heterocycles. The standard InChI is InChI=1S/C29H17F4NS2/c1-14-2-4-15(5-3-14)24-12-22-26(35-24)18-10-21-19(11-20(18)28(22,30)31)27-23(29(21,32)33)13-25(36-27)16-6-8-17(34)9-7-16/h2-13H,34H2,1H3. The number of thiophene rings is 2. The molecule has 2 aliphatic rings. The van der Waals surface area contributed by atoms with Gasteiger partial charge in [0.2, 0.25) is 0 Å². The van der Waals surface area contributed by atoms with E-state index in [2.05, 4.69) is 0 Å². The average molecular weight is 520 g/mol. The molecule has 0 saturated carbocycles. The minimum Gasteiger partial charge on any atom is -0.399 e. The first kappa shape index (κ1) is 21.8. The van der Waals surface area contributed by atoms with Crippen molar-refractivity contribution in [3.63, 3.8) is 0 Å². The molecule has 0 bridgehead atoms. The zero-order valence-electron chi connectivity index (χ0n) is 18.8. The van der Waals surface area contributed by atoms with Crippen molar-refractivity contribution in [2.45, 2.75) is 18.8 Å². The fourth-order valence-corrected chi connectivity index (χ4v) is 7.54. The molecule has 36 heavy (non-hydrogen) atoms. The average Bonchev–Trinajstić information content (AvgIpc) is 3.57. The Bertz CT molecular complexity index is 1570. The predicted molar refractivity (Wildman–Crippen MR) is 139 cm³/mol. The van der Waals surface area contributed by atoms with Crippen LogP contribution < -0.4 is 5.73 Å². The molecule has 0 unspecified atom stereocenters. The summed E-state index contributed by atoms with van der Waals surface area (Å²) in [5, 5.41) is 0. The first-order valence-electron chi connectivity index (χ1n) is 11.3. The number of aryl methyl sites for hydroxylation is 1. The minimum absolute atomic E-state index is 0.112. The SMILES string of the molecule is Cc1ccc(-c2cc3c(s2)-c2cc4c(cc2C3(F)F)-c2sc(-c3ccc(N)cc3)cc2C4(F)F)cc1. The van der Waals surface area contributed by atoms with Crippen molar-refractivity contribution in [3.05, 3.63) is 101 Å². The molecule has 178 valence electrons. The van der Waals surface area contributed by atoms with E-state index in [1.807, 2.05) is 31.2 Å². The van der Waals surface area contributed by atoms with Crippen LogP contribution in [0.3, 0.4) is 0 Å². The first-order chi connectivity index (χ1) is 17.1. The maximum Gasteiger partial charge on any atom is 0.300 e. The molecule has 2 aliphatic carbocycles. The number of fused-ring (bicyclic) bond motifs is 6. The number of alkyl halides is 4. The van der Waals surface area contributed by atoms with Gasteiger partial charge in [0.05, 0.1) is 0 Å². The molecule has 0 aliphatic heterocycles. The Balaban J connectivity index is 1.38. The molecule has 2 heterocycles. The lowest BCUT2D eigenvalue weighted by Crippen LogP contribution is -2.13. The highest BCUT2D eigenvalue weighted by Gasteiger charge is 2.51. The zero-order valence-corrected chi connectivity index (χ0v) is 20.5. The summed E-state index contributed by atoms with van der Waals surface area (Å²) >= 11 is 2.42. The van der Waals surface area contributed by atoms with Gasteiger partial charge < -0.3 is 5.73 Å². The Morgan fingerprint density at radius 3 is 1.44 bits per heavy atom. The van der Waals surface area contributed by atoms with Crippen molar-refractivity contribution in [2.24, 2.45) is 0 Å². The molecule has 3 aromatic carbocycles. The van der Waals surface area contributed by atoms with E-state index in [1.165, 1.54) is 46.9 Å². The molecule has 0 fully saturated rings. The molecular formula is C29H17F4NS2. The van der Waals surface area contributed by atoms with Gasteiger partial charge in [-0.25, -0.2) is 0 Å². The minimum atomic E-state index is -3.27. The van der Waals surface area contributed by atoms with Crippen LogP contribution >= 0.6 is 22.7 Å². The number of anilines is 1. The lowest BCUT2D eigenvalue weighted by molar-refractivity contribution is 0.0453. The van der Waals surface area contributed by atoms with Crippen LogP contribution in [0, 0.1) is 6.92 Å². The summed E-state index contributed by atoms with van der Waals surface area (Å²) in [4.78, 5) is 2.06. The van der Waals surface area contributed by atoms with E-state index in [0.717, 1.165) is 16.7 Å². The second kappa shape index (κ2) is 7.08. The number of rotatable bonds is 2. The van der Waals surface area contributed by atoms with Crippen LogP contribution in [-0.4, -0.2) is 0 Å². The van der Waals surface area contributed by atoms with Gasteiger partial charge in [-0.2, -0.15) is 17.6 Å². The van der Waals surface area contributed by atoms with E-state index in [4.69, 9.17) is 5.73 Å². The van der Waals surface area contributed by atoms with Crippen molar-refractivity contribution in [2.75, 3.05) is 5.73 Å². The largest absolute Gasteiger partial charge is 0.399 e. The third-order valence-electron chi connectivity index (χ3n) is 7.00. The number of halogens is 4. The van der Waals surface area contributed by atoms with Gasteiger partial charge in [0.25, 0.3) is 0 Å². The Hall–Kier alpha value is -3.42. The van der Waals surface area contributed by atoms with Gasteiger partial charge in [-0.1, -0.05) is 42.0 Å². The van der Waals surface area contributed by atoms with Gasteiger partial charge >= 0.3 is 11.8 Å². The van der Waals surface area contributed by atoms with Crippen LogP contribution in [0.5, 0.6) is 0 Å². The lowest BCUT2D eigenvalue weighted by atomic mass is 9.98. The van der Waals surface area contributed by atoms with Gasteiger partial charge in [-0.3, -0.25) is 0 Å². The molecule has 0 amide bonds. The summed E-state index contributed by atoms with van der Waals surface area (Å²) in [6.07, 6.45) is 0. The number of hydrogen-bond acceptors (Lipinski definition) is 3. The topological polar surface area (TPSA) is 26.0 Å². The highest BCUT2D eigenvalue weighted by molar-refractivity contribution is 7.19. The van der Waals surface area contributed by atoms with Gasteiger partial charge in [0.1, 0.15) is 0 Å². The van der Waals surface area contributed by atoms with Crippen LogP contribution in [0.1, 0.15) is 27.8 Å². The molecule has 5 aromatic rings. The van der Waals surface area contributed by atoms with E-state index in [1.54, 1.807) is 24.3 Å². The quantitative estimate of drug-likeness (QED) is 0.183. The van der Waals surface area contributed by atoms with Gasteiger partial charge in [0, 0.05) is 58.6 Å². The molecule has 2 aromatic heterocycles. The van der Waals surface area contributed by atoms with Crippen molar-refractivity contribution in [1.82, 2.24) is 0 Å². The third-order valence-corrected chi connectivity index (χ3v) is 9.43. The molecular weight excluding hydrogens is 502 g/mol. The molecule has 0 spiro atoms. The third kappa shape index (κ3) is 2.87. The summed E-state index contributed by atoms with van der Waals surface area (Å²) in [5.74, 6) is -6.52. The second-order valence-electron chi connectivity index (χ2n) is 9.29. The predicted octanol–water partition coefficient (Wildman–Crippen LogP) is 9.28. The number of benzene rings is 3.